The van der Waals surface area contributed by atoms with Gasteiger partial charge in [-0.1, -0.05) is 26.0 Å². The Morgan fingerprint density at radius 3 is 2.16 bits per heavy atom. The molecule has 1 aliphatic carbocycles. The van der Waals surface area contributed by atoms with Crippen LogP contribution >= 0.6 is 0 Å². The van der Waals surface area contributed by atoms with E-state index in [9.17, 15) is 22.8 Å². The first kappa shape index (κ1) is 19.3. The summed E-state index contributed by atoms with van der Waals surface area (Å²) in [5.74, 6) is -0.926. The number of carbonyl (C=O) groups is 2. The van der Waals surface area contributed by atoms with Crippen molar-refractivity contribution in [2.45, 2.75) is 45.7 Å². The van der Waals surface area contributed by atoms with Gasteiger partial charge in [-0.25, -0.2) is 0 Å². The second kappa shape index (κ2) is 7.45. The minimum Gasteiger partial charge on any atom is -0.342 e. The topological polar surface area (TPSA) is 49.4 Å². The number of rotatable bonds is 7. The molecule has 0 aliphatic heterocycles. The second-order valence-electron chi connectivity index (χ2n) is 6.37. The molecular formula is C18H23F3N2O2. The van der Waals surface area contributed by atoms with E-state index in [1.54, 1.807) is 4.90 Å². The van der Waals surface area contributed by atoms with Crippen LogP contribution in [-0.2, 0) is 15.8 Å². The minimum absolute atomic E-state index is 0.279. The van der Waals surface area contributed by atoms with Crippen molar-refractivity contribution in [1.29, 1.82) is 0 Å². The van der Waals surface area contributed by atoms with Crippen LogP contribution in [0.2, 0.25) is 0 Å². The highest BCUT2D eigenvalue weighted by molar-refractivity contribution is 6.13. The molecule has 0 atom stereocenters. The summed E-state index contributed by atoms with van der Waals surface area (Å²) in [7, 11) is 0. The summed E-state index contributed by atoms with van der Waals surface area (Å²) in [6, 6.07) is 4.81. The van der Waals surface area contributed by atoms with Crippen LogP contribution in [0.25, 0.3) is 0 Å². The monoisotopic (exact) mass is 356 g/mol. The predicted molar refractivity (Wildman–Crippen MR) is 88.9 cm³/mol. The molecule has 25 heavy (non-hydrogen) atoms. The Balaban J connectivity index is 2.20. The maximum absolute atomic E-state index is 13.1. The Hall–Kier alpha value is -2.05. The van der Waals surface area contributed by atoms with Gasteiger partial charge in [0.2, 0.25) is 11.8 Å². The van der Waals surface area contributed by atoms with Gasteiger partial charge in [-0.05, 0) is 37.8 Å². The number of carbonyl (C=O) groups excluding carboxylic acids is 2. The second-order valence-corrected chi connectivity index (χ2v) is 6.37. The van der Waals surface area contributed by atoms with Crippen LogP contribution in [0.1, 0.15) is 45.1 Å². The molecule has 0 unspecified atom stereocenters. The lowest BCUT2D eigenvalue weighted by Crippen LogP contribution is -2.43. The molecular weight excluding hydrogens is 333 g/mol. The van der Waals surface area contributed by atoms with Crippen molar-refractivity contribution in [1.82, 2.24) is 4.90 Å². The molecule has 7 heteroatoms. The largest absolute Gasteiger partial charge is 0.418 e. The third-order valence-electron chi connectivity index (χ3n) is 4.35. The molecule has 0 radical (unpaired) electrons. The van der Waals surface area contributed by atoms with E-state index >= 15 is 0 Å². The van der Waals surface area contributed by atoms with Crippen LogP contribution < -0.4 is 5.32 Å². The van der Waals surface area contributed by atoms with Gasteiger partial charge in [0.25, 0.3) is 0 Å². The minimum atomic E-state index is -4.57. The van der Waals surface area contributed by atoms with Gasteiger partial charge in [0.05, 0.1) is 11.3 Å². The van der Waals surface area contributed by atoms with Crippen molar-refractivity contribution < 1.29 is 22.8 Å². The lowest BCUT2D eigenvalue weighted by Gasteiger charge is -2.26. The molecule has 0 aromatic heterocycles. The van der Waals surface area contributed by atoms with Gasteiger partial charge in [0.1, 0.15) is 5.41 Å². The van der Waals surface area contributed by atoms with E-state index in [2.05, 4.69) is 5.32 Å². The van der Waals surface area contributed by atoms with Gasteiger partial charge in [-0.2, -0.15) is 13.2 Å². The third kappa shape index (κ3) is 4.14. The van der Waals surface area contributed by atoms with E-state index in [-0.39, 0.29) is 11.6 Å². The quantitative estimate of drug-likeness (QED) is 0.749. The number of amides is 2. The Bertz CT molecular complexity index is 633. The predicted octanol–water partition coefficient (Wildman–Crippen LogP) is 4.07. The Morgan fingerprint density at radius 1 is 1.12 bits per heavy atom. The summed E-state index contributed by atoms with van der Waals surface area (Å²) in [6.07, 6.45) is -2.30. The molecule has 1 aromatic carbocycles. The lowest BCUT2D eigenvalue weighted by atomic mass is 10.0. The first-order chi connectivity index (χ1) is 11.8. The number of alkyl halides is 3. The summed E-state index contributed by atoms with van der Waals surface area (Å²) in [5, 5.41) is 2.33. The number of anilines is 1. The summed E-state index contributed by atoms with van der Waals surface area (Å²) in [5.41, 5.74) is -2.44. The number of benzene rings is 1. The standard InChI is InChI=1S/C18H23F3N2O2/c1-3-11-23(12-4-2)16(25)17(9-10-17)15(24)22-14-8-6-5-7-13(14)18(19,20)21/h5-8H,3-4,9-12H2,1-2H3,(H,22,24). The van der Waals surface area contributed by atoms with Crippen molar-refractivity contribution in [2.24, 2.45) is 5.41 Å². The highest BCUT2D eigenvalue weighted by atomic mass is 19.4. The van der Waals surface area contributed by atoms with Gasteiger partial charge in [0, 0.05) is 13.1 Å². The van der Waals surface area contributed by atoms with E-state index < -0.39 is 23.1 Å². The summed E-state index contributed by atoms with van der Waals surface area (Å²) < 4.78 is 39.2. The molecule has 4 nitrogen and oxygen atoms in total. The number of nitrogens with one attached hydrogen (secondary N) is 1. The van der Waals surface area contributed by atoms with E-state index in [4.69, 9.17) is 0 Å². The highest BCUT2D eigenvalue weighted by Crippen LogP contribution is 2.48. The fourth-order valence-corrected chi connectivity index (χ4v) is 2.90. The fraction of sp³-hybridized carbons (Fsp3) is 0.556. The Labute approximate surface area is 145 Å². The molecule has 1 fully saturated rings. The third-order valence-corrected chi connectivity index (χ3v) is 4.35. The van der Waals surface area contributed by atoms with Gasteiger partial charge < -0.3 is 10.2 Å². The molecule has 2 rings (SSSR count). The molecule has 138 valence electrons. The van der Waals surface area contributed by atoms with Gasteiger partial charge in [-0.15, -0.1) is 0 Å². The number of nitrogens with zero attached hydrogens (tertiary/aromatic N) is 1. The van der Waals surface area contributed by atoms with Crippen molar-refractivity contribution in [3.63, 3.8) is 0 Å². The van der Waals surface area contributed by atoms with Gasteiger partial charge in [0.15, 0.2) is 0 Å². The van der Waals surface area contributed by atoms with Gasteiger partial charge >= 0.3 is 6.18 Å². The van der Waals surface area contributed by atoms with Crippen molar-refractivity contribution >= 4 is 17.5 Å². The number of para-hydroxylation sites is 1. The van der Waals surface area contributed by atoms with E-state index in [0.717, 1.165) is 18.9 Å². The number of hydrogen-bond acceptors (Lipinski definition) is 2. The Kier molecular flexibility index (Phi) is 5.75. The van der Waals surface area contributed by atoms with Crippen LogP contribution in [0.15, 0.2) is 24.3 Å². The first-order valence-corrected chi connectivity index (χ1v) is 8.53. The molecule has 0 saturated heterocycles. The lowest BCUT2D eigenvalue weighted by molar-refractivity contribution is -0.142. The molecule has 2 amide bonds. The van der Waals surface area contributed by atoms with Crippen LogP contribution in [0.5, 0.6) is 0 Å². The van der Waals surface area contributed by atoms with E-state index in [1.807, 2.05) is 13.8 Å². The van der Waals surface area contributed by atoms with E-state index in [0.29, 0.717) is 25.9 Å². The average Bonchev–Trinajstić information content (AvgIpc) is 3.35. The average molecular weight is 356 g/mol. The molecule has 1 aliphatic rings. The van der Waals surface area contributed by atoms with Crippen molar-refractivity contribution in [2.75, 3.05) is 18.4 Å². The zero-order chi connectivity index (χ0) is 18.7. The maximum Gasteiger partial charge on any atom is 0.418 e. The molecule has 0 spiro atoms. The van der Waals surface area contributed by atoms with Crippen molar-refractivity contribution in [3.8, 4) is 0 Å². The first-order valence-electron chi connectivity index (χ1n) is 8.53. The van der Waals surface area contributed by atoms with Crippen molar-refractivity contribution in [3.05, 3.63) is 29.8 Å². The molecule has 1 saturated carbocycles. The molecule has 1 N–H and O–H groups in total. The summed E-state index contributed by atoms with van der Waals surface area (Å²) >= 11 is 0. The zero-order valence-corrected chi connectivity index (χ0v) is 14.4. The number of halogens is 3. The highest BCUT2D eigenvalue weighted by Gasteiger charge is 2.58. The van der Waals surface area contributed by atoms with Gasteiger partial charge in [-0.3, -0.25) is 9.59 Å². The van der Waals surface area contributed by atoms with Crippen LogP contribution in [-0.4, -0.2) is 29.8 Å². The van der Waals surface area contributed by atoms with Crippen LogP contribution in [0.4, 0.5) is 18.9 Å². The van der Waals surface area contributed by atoms with E-state index in [1.165, 1.54) is 18.2 Å². The maximum atomic E-state index is 13.1. The number of hydrogen-bond donors (Lipinski definition) is 1. The summed E-state index contributed by atoms with van der Waals surface area (Å²) in [6.45, 7) is 4.96. The normalized spacial score (nSPS) is 15.6. The van der Waals surface area contributed by atoms with Crippen LogP contribution in [0.3, 0.4) is 0 Å². The summed E-state index contributed by atoms with van der Waals surface area (Å²) in [4.78, 5) is 27.0. The SMILES string of the molecule is CCCN(CCC)C(=O)C1(C(=O)Nc2ccccc2C(F)(F)F)CC1. The zero-order valence-electron chi connectivity index (χ0n) is 14.4. The Morgan fingerprint density at radius 2 is 1.68 bits per heavy atom. The molecule has 0 heterocycles. The molecule has 1 aromatic rings. The van der Waals surface area contributed by atoms with Crippen LogP contribution in [0, 0.1) is 5.41 Å². The molecule has 0 bridgehead atoms. The fourth-order valence-electron chi connectivity index (χ4n) is 2.90. The smallest absolute Gasteiger partial charge is 0.342 e.